The monoisotopic (exact) mass is 180 g/mol. The van der Waals surface area contributed by atoms with E-state index in [1.807, 2.05) is 0 Å². The molecule has 12 heavy (non-hydrogen) atoms. The third-order valence-corrected chi connectivity index (χ3v) is 0.991. The number of rotatable bonds is 5. The summed E-state index contributed by atoms with van der Waals surface area (Å²) in [5.41, 5.74) is 0. The molecule has 0 radical (unpaired) electrons. The molecule has 0 fully saturated rings. The standard InChI is InChI=1S/C7H16O.4CH4/c1-3-5-7-8-6-4-2;;;;/h3-7H2,1-2H3;4*1H4. The zero-order valence-electron chi connectivity index (χ0n) is 5.94. The highest BCUT2D eigenvalue weighted by atomic mass is 16.5. The summed E-state index contributed by atoms with van der Waals surface area (Å²) in [4.78, 5) is 0. The molecule has 0 heterocycles. The summed E-state index contributed by atoms with van der Waals surface area (Å²) < 4.78 is 5.22. The van der Waals surface area contributed by atoms with E-state index >= 15 is 0 Å². The predicted molar refractivity (Wildman–Crippen MR) is 62.9 cm³/mol. The van der Waals surface area contributed by atoms with Gasteiger partial charge in [-0.05, 0) is 12.8 Å². The minimum absolute atomic E-state index is 0. The van der Waals surface area contributed by atoms with Crippen LogP contribution in [0.5, 0.6) is 0 Å². The topological polar surface area (TPSA) is 9.23 Å². The highest BCUT2D eigenvalue weighted by Crippen LogP contribution is 1.87. The average molecular weight is 180 g/mol. The Labute approximate surface area is 81.5 Å². The van der Waals surface area contributed by atoms with E-state index in [2.05, 4.69) is 13.8 Å². The molecule has 0 atom stereocenters. The van der Waals surface area contributed by atoms with Crippen molar-refractivity contribution in [3.05, 3.63) is 0 Å². The van der Waals surface area contributed by atoms with Crippen LogP contribution in [0, 0.1) is 0 Å². The van der Waals surface area contributed by atoms with Crippen molar-refractivity contribution in [3.63, 3.8) is 0 Å². The molecule has 0 saturated heterocycles. The summed E-state index contributed by atoms with van der Waals surface area (Å²) in [6.45, 7) is 6.19. The van der Waals surface area contributed by atoms with Gasteiger partial charge in [0.2, 0.25) is 0 Å². The Morgan fingerprint density at radius 3 is 1.58 bits per heavy atom. The van der Waals surface area contributed by atoms with E-state index in [4.69, 9.17) is 4.74 Å². The lowest BCUT2D eigenvalue weighted by atomic mass is 10.4. The Kier molecular flexibility index (Phi) is 75.6. The molecular formula is C11H32O. The van der Waals surface area contributed by atoms with Crippen LogP contribution >= 0.6 is 0 Å². The van der Waals surface area contributed by atoms with E-state index in [1.54, 1.807) is 0 Å². The summed E-state index contributed by atoms with van der Waals surface area (Å²) in [5.74, 6) is 0. The summed E-state index contributed by atoms with van der Waals surface area (Å²) in [6, 6.07) is 0. The maximum absolute atomic E-state index is 5.22. The van der Waals surface area contributed by atoms with Gasteiger partial charge in [0.05, 0.1) is 0 Å². The Bertz CT molecular complexity index is 30.0. The molecule has 0 N–H and O–H groups in total. The highest BCUT2D eigenvalue weighted by molar-refractivity contribution is 4.30. The van der Waals surface area contributed by atoms with Gasteiger partial charge in [-0.3, -0.25) is 0 Å². The maximum atomic E-state index is 5.22. The molecule has 1 heteroatoms. The summed E-state index contributed by atoms with van der Waals surface area (Å²) >= 11 is 0. The molecule has 1 nitrogen and oxygen atoms in total. The second kappa shape index (κ2) is 30.6. The van der Waals surface area contributed by atoms with E-state index in [0.717, 1.165) is 19.6 Å². The fourth-order valence-corrected chi connectivity index (χ4v) is 0.493. The van der Waals surface area contributed by atoms with Gasteiger partial charge in [-0.15, -0.1) is 0 Å². The third kappa shape index (κ3) is 32.5. The second-order valence-corrected chi connectivity index (χ2v) is 1.97. The van der Waals surface area contributed by atoms with Gasteiger partial charge in [0.1, 0.15) is 0 Å². The maximum Gasteiger partial charge on any atom is 0.0465 e. The van der Waals surface area contributed by atoms with Crippen LogP contribution < -0.4 is 0 Å². The fraction of sp³-hybridized carbons (Fsp3) is 1.00. The predicted octanol–water partition coefficient (Wildman–Crippen LogP) is 4.76. The second-order valence-electron chi connectivity index (χ2n) is 1.97. The lowest BCUT2D eigenvalue weighted by Gasteiger charge is -1.97. The molecule has 0 bridgehead atoms. The molecule has 0 aliphatic heterocycles. The number of hydrogen-bond acceptors (Lipinski definition) is 1. The van der Waals surface area contributed by atoms with Crippen molar-refractivity contribution in [1.29, 1.82) is 0 Å². The molecule has 0 aromatic carbocycles. The minimum atomic E-state index is 0. The molecule has 0 rings (SSSR count). The Morgan fingerprint density at radius 1 is 0.750 bits per heavy atom. The van der Waals surface area contributed by atoms with Gasteiger partial charge in [0.15, 0.2) is 0 Å². The van der Waals surface area contributed by atoms with Gasteiger partial charge in [-0.25, -0.2) is 0 Å². The van der Waals surface area contributed by atoms with Gasteiger partial charge >= 0.3 is 0 Å². The van der Waals surface area contributed by atoms with E-state index in [1.165, 1.54) is 12.8 Å². The van der Waals surface area contributed by atoms with E-state index in [-0.39, 0.29) is 29.7 Å². The highest BCUT2D eigenvalue weighted by Gasteiger charge is 1.81. The smallest absolute Gasteiger partial charge is 0.0465 e. The van der Waals surface area contributed by atoms with Crippen LogP contribution in [0.2, 0.25) is 0 Å². The van der Waals surface area contributed by atoms with Gasteiger partial charge < -0.3 is 4.74 Å². The number of hydrogen-bond donors (Lipinski definition) is 0. The summed E-state index contributed by atoms with van der Waals surface area (Å²) in [7, 11) is 0. The normalized spacial score (nSPS) is 6.50. The zero-order valence-corrected chi connectivity index (χ0v) is 5.94. The van der Waals surface area contributed by atoms with Crippen molar-refractivity contribution < 1.29 is 4.74 Å². The molecular weight excluding hydrogens is 148 g/mol. The molecule has 0 aromatic heterocycles. The molecule has 0 saturated carbocycles. The molecule has 82 valence electrons. The Morgan fingerprint density at radius 2 is 1.25 bits per heavy atom. The van der Waals surface area contributed by atoms with Crippen molar-refractivity contribution in [3.8, 4) is 0 Å². The average Bonchev–Trinajstić information content (AvgIpc) is 1.81. The molecule has 0 spiro atoms. The van der Waals surface area contributed by atoms with E-state index in [9.17, 15) is 0 Å². The van der Waals surface area contributed by atoms with Crippen LogP contribution in [0.3, 0.4) is 0 Å². The van der Waals surface area contributed by atoms with Crippen molar-refractivity contribution in [2.75, 3.05) is 13.2 Å². The van der Waals surface area contributed by atoms with E-state index in [0.29, 0.717) is 0 Å². The third-order valence-electron chi connectivity index (χ3n) is 0.991. The first kappa shape index (κ1) is 29.7. The first-order valence-corrected chi connectivity index (χ1v) is 3.49. The SMILES string of the molecule is C.C.C.C.CCCCOCCC. The van der Waals surface area contributed by atoms with Crippen LogP contribution in [0.4, 0.5) is 0 Å². The molecule has 0 unspecified atom stereocenters. The number of unbranched alkanes of at least 4 members (excludes halogenated alkanes) is 1. The first-order valence-electron chi connectivity index (χ1n) is 3.49. The first-order chi connectivity index (χ1) is 3.91. The molecule has 0 aromatic rings. The summed E-state index contributed by atoms with van der Waals surface area (Å²) in [6.07, 6.45) is 3.59. The molecule has 0 aliphatic rings. The van der Waals surface area contributed by atoms with Crippen LogP contribution in [-0.2, 0) is 4.74 Å². The largest absolute Gasteiger partial charge is 0.381 e. The van der Waals surface area contributed by atoms with Crippen LogP contribution in [0.1, 0.15) is 62.8 Å². The van der Waals surface area contributed by atoms with Crippen LogP contribution in [-0.4, -0.2) is 13.2 Å². The van der Waals surface area contributed by atoms with Crippen LogP contribution in [0.15, 0.2) is 0 Å². The fourth-order valence-electron chi connectivity index (χ4n) is 0.493. The lowest BCUT2D eigenvalue weighted by Crippen LogP contribution is -1.93. The number of ether oxygens (including phenoxy) is 1. The van der Waals surface area contributed by atoms with Crippen molar-refractivity contribution >= 4 is 0 Å². The van der Waals surface area contributed by atoms with E-state index < -0.39 is 0 Å². The lowest BCUT2D eigenvalue weighted by molar-refractivity contribution is 0.132. The minimum Gasteiger partial charge on any atom is -0.381 e. The van der Waals surface area contributed by atoms with Gasteiger partial charge in [-0.1, -0.05) is 50.0 Å². The van der Waals surface area contributed by atoms with Crippen molar-refractivity contribution in [1.82, 2.24) is 0 Å². The molecule has 0 aliphatic carbocycles. The Hall–Kier alpha value is -0.0400. The van der Waals surface area contributed by atoms with Gasteiger partial charge in [0, 0.05) is 13.2 Å². The van der Waals surface area contributed by atoms with Crippen LogP contribution in [0.25, 0.3) is 0 Å². The van der Waals surface area contributed by atoms with Gasteiger partial charge in [0.25, 0.3) is 0 Å². The van der Waals surface area contributed by atoms with Crippen molar-refractivity contribution in [2.45, 2.75) is 62.8 Å². The summed E-state index contributed by atoms with van der Waals surface area (Å²) in [5, 5.41) is 0. The Balaban J connectivity index is -0.0000000408. The quantitative estimate of drug-likeness (QED) is 0.554. The molecule has 0 amide bonds. The van der Waals surface area contributed by atoms with Crippen molar-refractivity contribution in [2.24, 2.45) is 0 Å². The van der Waals surface area contributed by atoms with Gasteiger partial charge in [-0.2, -0.15) is 0 Å². The zero-order chi connectivity index (χ0) is 6.24.